The lowest BCUT2D eigenvalue weighted by molar-refractivity contribution is -0.115. The van der Waals surface area contributed by atoms with E-state index < -0.39 is 0 Å². The molecule has 1 rings (SSSR count). The number of hydrogen-bond acceptors (Lipinski definition) is 4. The van der Waals surface area contributed by atoms with Crippen LogP contribution in [0.3, 0.4) is 0 Å². The van der Waals surface area contributed by atoms with Gasteiger partial charge >= 0.3 is 0 Å². The van der Waals surface area contributed by atoms with Gasteiger partial charge in [-0.05, 0) is 14.0 Å². The lowest BCUT2D eigenvalue weighted by Gasteiger charge is -2.04. The number of amides is 1. The second-order valence-corrected chi connectivity index (χ2v) is 3.85. The molecule has 1 aromatic rings. The summed E-state index contributed by atoms with van der Waals surface area (Å²) in [6.07, 6.45) is 0.483. The van der Waals surface area contributed by atoms with Gasteiger partial charge in [-0.3, -0.25) is 4.79 Å². The van der Waals surface area contributed by atoms with E-state index >= 15 is 0 Å². The van der Waals surface area contributed by atoms with Crippen LogP contribution in [0.1, 0.15) is 32.0 Å². The van der Waals surface area contributed by atoms with Crippen LogP contribution in [-0.2, 0) is 4.79 Å². The van der Waals surface area contributed by atoms with E-state index in [4.69, 9.17) is 0 Å². The zero-order chi connectivity index (χ0) is 10.6. The molecule has 0 aromatic carbocycles. The molecular formula is C9H15N3OS. The molecule has 1 atom stereocenters. The summed E-state index contributed by atoms with van der Waals surface area (Å²) in [5.41, 5.74) is 0.962. The molecule has 1 aromatic heterocycles. The molecule has 0 fully saturated rings. The Bertz CT molecular complexity index is 311. The monoisotopic (exact) mass is 213 g/mol. The van der Waals surface area contributed by atoms with Crippen LogP contribution in [0.5, 0.6) is 0 Å². The molecule has 1 unspecified atom stereocenters. The molecule has 0 aliphatic carbocycles. The van der Waals surface area contributed by atoms with Crippen molar-refractivity contribution >= 4 is 22.4 Å². The fourth-order valence-electron chi connectivity index (χ4n) is 0.898. The highest BCUT2D eigenvalue weighted by molar-refractivity contribution is 7.13. The van der Waals surface area contributed by atoms with Crippen LogP contribution in [0.15, 0.2) is 5.38 Å². The molecule has 0 aliphatic heterocycles. The Morgan fingerprint density at radius 3 is 3.00 bits per heavy atom. The quantitative estimate of drug-likeness (QED) is 0.801. The number of hydrogen-bond donors (Lipinski definition) is 2. The summed E-state index contributed by atoms with van der Waals surface area (Å²) < 4.78 is 0. The Hall–Kier alpha value is -0.940. The first-order chi connectivity index (χ1) is 6.67. The Morgan fingerprint density at radius 2 is 2.43 bits per heavy atom. The Balaban J connectivity index is 2.63. The summed E-state index contributed by atoms with van der Waals surface area (Å²) in [7, 11) is 1.88. The van der Waals surface area contributed by atoms with Crippen LogP contribution in [0.25, 0.3) is 0 Å². The van der Waals surface area contributed by atoms with Gasteiger partial charge in [-0.15, -0.1) is 11.3 Å². The molecule has 14 heavy (non-hydrogen) atoms. The summed E-state index contributed by atoms with van der Waals surface area (Å²) in [4.78, 5) is 15.4. The number of carbonyl (C=O) groups excluding carboxylic acids is 1. The maximum atomic E-state index is 11.1. The van der Waals surface area contributed by atoms with Crippen molar-refractivity contribution in [3.63, 3.8) is 0 Å². The van der Waals surface area contributed by atoms with Gasteiger partial charge < -0.3 is 10.6 Å². The van der Waals surface area contributed by atoms with Crippen LogP contribution < -0.4 is 10.6 Å². The minimum absolute atomic E-state index is 0.00279. The summed E-state index contributed by atoms with van der Waals surface area (Å²) in [5.74, 6) is 0.00279. The van der Waals surface area contributed by atoms with E-state index in [-0.39, 0.29) is 11.9 Å². The Morgan fingerprint density at radius 1 is 1.71 bits per heavy atom. The molecule has 1 amide bonds. The third-order valence-electron chi connectivity index (χ3n) is 1.97. The van der Waals surface area contributed by atoms with Gasteiger partial charge in [-0.2, -0.15) is 0 Å². The normalized spacial score (nSPS) is 12.5. The molecule has 1 heterocycles. The molecule has 0 aliphatic rings. The minimum atomic E-state index is 0.00279. The van der Waals surface area contributed by atoms with Crippen molar-refractivity contribution in [3.05, 3.63) is 11.1 Å². The molecule has 0 radical (unpaired) electrons. The van der Waals surface area contributed by atoms with E-state index in [9.17, 15) is 4.79 Å². The average Bonchev–Trinajstić information content (AvgIpc) is 2.65. The predicted molar refractivity (Wildman–Crippen MR) is 58.5 cm³/mol. The van der Waals surface area contributed by atoms with Crippen LogP contribution in [0.2, 0.25) is 0 Å². The molecule has 0 spiro atoms. The predicted octanol–water partition coefficient (Wildman–Crippen LogP) is 1.77. The number of thiazole rings is 1. The van der Waals surface area contributed by atoms with E-state index in [1.165, 1.54) is 11.3 Å². The fraction of sp³-hybridized carbons (Fsp3) is 0.556. The van der Waals surface area contributed by atoms with Gasteiger partial charge in [0.25, 0.3) is 0 Å². The van der Waals surface area contributed by atoms with Crippen molar-refractivity contribution in [3.8, 4) is 0 Å². The maximum Gasteiger partial charge on any atom is 0.225 e. The molecule has 78 valence electrons. The lowest BCUT2D eigenvalue weighted by atomic mass is 10.3. The maximum absolute atomic E-state index is 11.1. The van der Waals surface area contributed by atoms with Gasteiger partial charge in [0, 0.05) is 17.8 Å². The molecule has 0 bridgehead atoms. The van der Waals surface area contributed by atoms with Crippen molar-refractivity contribution < 1.29 is 4.79 Å². The molecule has 5 heteroatoms. The second kappa shape index (κ2) is 5.07. The first-order valence-electron chi connectivity index (χ1n) is 4.60. The van der Waals surface area contributed by atoms with E-state index in [0.717, 1.165) is 5.69 Å². The molecule has 0 saturated heterocycles. The first kappa shape index (κ1) is 11.1. The van der Waals surface area contributed by atoms with Gasteiger partial charge in [0.05, 0.1) is 5.69 Å². The molecule has 2 N–H and O–H groups in total. The smallest absolute Gasteiger partial charge is 0.225 e. The Labute approximate surface area is 87.7 Å². The first-order valence-corrected chi connectivity index (χ1v) is 5.47. The van der Waals surface area contributed by atoms with Crippen LogP contribution in [0.4, 0.5) is 5.13 Å². The van der Waals surface area contributed by atoms with Crippen molar-refractivity contribution in [1.82, 2.24) is 10.3 Å². The Kier molecular flexibility index (Phi) is 4.03. The number of rotatable bonds is 4. The van der Waals surface area contributed by atoms with E-state index in [0.29, 0.717) is 11.6 Å². The third kappa shape index (κ3) is 2.78. The number of aromatic nitrogens is 1. The van der Waals surface area contributed by atoms with Crippen LogP contribution >= 0.6 is 11.3 Å². The van der Waals surface area contributed by atoms with Crippen molar-refractivity contribution in [2.24, 2.45) is 0 Å². The van der Waals surface area contributed by atoms with Crippen molar-refractivity contribution in [1.29, 1.82) is 0 Å². The average molecular weight is 213 g/mol. The highest BCUT2D eigenvalue weighted by atomic mass is 32.1. The SMILES string of the molecule is CCC(=O)Nc1nc(C(C)NC)cs1. The van der Waals surface area contributed by atoms with Gasteiger partial charge in [0.2, 0.25) is 5.91 Å². The number of nitrogens with one attached hydrogen (secondary N) is 2. The summed E-state index contributed by atoms with van der Waals surface area (Å²) in [5, 5.41) is 8.45. The van der Waals surface area contributed by atoms with E-state index in [1.807, 2.05) is 26.3 Å². The van der Waals surface area contributed by atoms with E-state index in [1.54, 1.807) is 0 Å². The third-order valence-corrected chi connectivity index (χ3v) is 2.74. The number of carbonyl (C=O) groups is 1. The zero-order valence-electron chi connectivity index (χ0n) is 8.63. The van der Waals surface area contributed by atoms with Gasteiger partial charge in [0.15, 0.2) is 5.13 Å². The lowest BCUT2D eigenvalue weighted by Crippen LogP contribution is -2.13. The fourth-order valence-corrected chi connectivity index (χ4v) is 1.72. The van der Waals surface area contributed by atoms with Crippen molar-refractivity contribution in [2.75, 3.05) is 12.4 Å². The second-order valence-electron chi connectivity index (χ2n) is 2.99. The highest BCUT2D eigenvalue weighted by Crippen LogP contribution is 2.20. The number of nitrogens with zero attached hydrogens (tertiary/aromatic N) is 1. The standard InChI is InChI=1S/C9H15N3OS/c1-4-8(13)12-9-11-7(5-14-9)6(2)10-3/h5-6,10H,4H2,1-3H3,(H,11,12,13). The molecule has 4 nitrogen and oxygen atoms in total. The van der Waals surface area contributed by atoms with E-state index in [2.05, 4.69) is 15.6 Å². The van der Waals surface area contributed by atoms with Gasteiger partial charge in [-0.25, -0.2) is 4.98 Å². The summed E-state index contributed by atoms with van der Waals surface area (Å²) >= 11 is 1.45. The number of anilines is 1. The highest BCUT2D eigenvalue weighted by Gasteiger charge is 2.08. The summed E-state index contributed by atoms with van der Waals surface area (Å²) in [6.45, 7) is 3.85. The van der Waals surface area contributed by atoms with Crippen LogP contribution in [-0.4, -0.2) is 17.9 Å². The summed E-state index contributed by atoms with van der Waals surface area (Å²) in [6, 6.07) is 0.221. The largest absolute Gasteiger partial charge is 0.312 e. The van der Waals surface area contributed by atoms with Crippen LogP contribution in [0, 0.1) is 0 Å². The van der Waals surface area contributed by atoms with Gasteiger partial charge in [-0.1, -0.05) is 6.92 Å². The minimum Gasteiger partial charge on any atom is -0.312 e. The topological polar surface area (TPSA) is 54.0 Å². The zero-order valence-corrected chi connectivity index (χ0v) is 9.44. The van der Waals surface area contributed by atoms with Crippen molar-refractivity contribution in [2.45, 2.75) is 26.3 Å². The molecular weight excluding hydrogens is 198 g/mol. The molecule has 0 saturated carbocycles. The van der Waals surface area contributed by atoms with Gasteiger partial charge in [0.1, 0.15) is 0 Å².